The van der Waals surface area contributed by atoms with E-state index in [4.69, 9.17) is 63.1 Å². The van der Waals surface area contributed by atoms with Crippen LogP contribution in [0.3, 0.4) is 0 Å². The van der Waals surface area contributed by atoms with Gasteiger partial charge in [-0.1, -0.05) is 79.9 Å². The normalized spacial score (nSPS) is 27.5. The highest BCUT2D eigenvalue weighted by molar-refractivity contribution is 6.32. The summed E-state index contributed by atoms with van der Waals surface area (Å²) in [5.41, 5.74) is 9.19. The second-order valence-electron chi connectivity index (χ2n) is 30.5. The fourth-order valence-electron chi connectivity index (χ4n) is 14.9. The molecule has 628 valence electrons. The summed E-state index contributed by atoms with van der Waals surface area (Å²) in [6.45, 7) is 4.87. The van der Waals surface area contributed by atoms with E-state index in [2.05, 4.69) is 59.7 Å². The van der Waals surface area contributed by atoms with Crippen LogP contribution in [0.15, 0.2) is 103 Å². The molecule has 8 aliphatic rings. The van der Waals surface area contributed by atoms with Crippen LogP contribution in [0, 0.1) is 23.7 Å². The first-order valence-electron chi connectivity index (χ1n) is 38.0. The number of nitrogens with one attached hydrogen (secondary N) is 9. The lowest BCUT2D eigenvalue weighted by atomic mass is 9.86. The van der Waals surface area contributed by atoms with Gasteiger partial charge in [-0.2, -0.15) is 0 Å². The van der Waals surface area contributed by atoms with E-state index in [1.807, 2.05) is 13.8 Å². The number of rotatable bonds is 16. The minimum Gasteiger partial charge on any atom is -0.508 e. The number of aromatic hydroxyl groups is 3. The molecule has 3 fully saturated rings. The molecule has 0 radical (unpaired) electrons. The van der Waals surface area contributed by atoms with Gasteiger partial charge < -0.3 is 134 Å². The van der Waals surface area contributed by atoms with Gasteiger partial charge in [0.05, 0.1) is 47.9 Å². The highest BCUT2D eigenvalue weighted by Crippen LogP contribution is 2.50. The molecule has 7 aliphatic heterocycles. The Morgan fingerprint density at radius 2 is 1.33 bits per heavy atom. The van der Waals surface area contributed by atoms with Crippen molar-refractivity contribution in [1.29, 1.82) is 0 Å². The van der Waals surface area contributed by atoms with Gasteiger partial charge in [-0.25, -0.2) is 0 Å². The average molecular weight is 1670 g/mol. The smallest absolute Gasteiger partial charge is 0.248 e. The van der Waals surface area contributed by atoms with E-state index in [9.17, 15) is 69.9 Å². The van der Waals surface area contributed by atoms with Crippen molar-refractivity contribution in [1.82, 2.24) is 42.5 Å². The number of ether oxygens (including phenoxy) is 6. The van der Waals surface area contributed by atoms with Crippen LogP contribution in [0.25, 0.3) is 11.1 Å². The number of benzene rings is 6. The van der Waals surface area contributed by atoms with Crippen LogP contribution in [0.1, 0.15) is 136 Å². The summed E-state index contributed by atoms with van der Waals surface area (Å²) < 4.78 is 38.6. The Kier molecular flexibility index (Phi) is 26.7. The fourth-order valence-corrected chi connectivity index (χ4v) is 15.3. The molecule has 0 aromatic heterocycles. The molecule has 1 aliphatic carbocycles. The number of aliphatic hydroxyl groups is 6. The Balaban J connectivity index is 1.03. The average Bonchev–Trinajstić information content (AvgIpc) is 0.900. The third kappa shape index (κ3) is 19.4. The quantitative estimate of drug-likeness (QED) is 0.0618. The van der Waals surface area contributed by atoms with Crippen molar-refractivity contribution in [3.8, 4) is 69.0 Å². The van der Waals surface area contributed by atoms with Gasteiger partial charge in [0.15, 0.2) is 23.9 Å². The molecule has 1 saturated carbocycles. The Morgan fingerprint density at radius 1 is 0.703 bits per heavy atom. The number of phenolic OH excluding ortho intramolecular Hbond substituents is 3. The van der Waals surface area contributed by atoms with Crippen molar-refractivity contribution in [2.24, 2.45) is 23.3 Å². The number of primary amides is 1. The number of hydrogen-bond acceptors (Lipinski definition) is 26. The summed E-state index contributed by atoms with van der Waals surface area (Å²) in [5.74, 6) is -9.50. The molecule has 6 aromatic rings. The molecule has 14 rings (SSSR count). The zero-order chi connectivity index (χ0) is 85.0. The largest absolute Gasteiger partial charge is 0.508 e. The van der Waals surface area contributed by atoms with Crippen LogP contribution in [0.5, 0.6) is 46.0 Å². The van der Waals surface area contributed by atoms with Gasteiger partial charge >= 0.3 is 0 Å². The van der Waals surface area contributed by atoms with Crippen molar-refractivity contribution in [2.45, 2.75) is 182 Å². The van der Waals surface area contributed by atoms with Crippen molar-refractivity contribution < 1.29 is 118 Å². The number of phenols is 3. The monoisotopic (exact) mass is 1670 g/mol. The predicted molar refractivity (Wildman–Crippen MR) is 419 cm³/mol. The van der Waals surface area contributed by atoms with Crippen LogP contribution in [0.4, 0.5) is 5.69 Å². The topological polar surface area (TPSA) is 551 Å². The molecule has 35 nitrogen and oxygen atoms in total. The number of aliphatic hydroxyl groups excluding tert-OH is 6. The van der Waals surface area contributed by atoms with E-state index in [0.29, 0.717) is 11.3 Å². The molecule has 9 amide bonds. The Hall–Kier alpha value is -11.0. The van der Waals surface area contributed by atoms with E-state index in [0.717, 1.165) is 92.4 Å². The molecule has 118 heavy (non-hydrogen) atoms. The lowest BCUT2D eigenvalue weighted by Crippen LogP contribution is -2.64. The number of anilines is 1. The lowest BCUT2D eigenvalue weighted by molar-refractivity contribution is -0.333. The highest BCUT2D eigenvalue weighted by atomic mass is 35.5. The SMILES string of the molecule is CNC(CC(C)C)C(=O)NC1C(=O)NC(CC(N)=O)C(=O)NC2C(=O)NC3C(=O)NC(C(=O)NC(C(=O)NCC(=O)Nc4ccc(C#CC5CCCC5)cc4)c4cc(O)cc(O)c4-c4cc3ccc4O)C(O)c3ccc(c(Cl)c3)Oc3cc2cc(c3OC2OC(CO)C(O)C(O)C2OC2CC(C)(N)C(O)C(C)O2)Oc2ccc(cc2Cl)C1O. The molecule has 18 unspecified atom stereocenters. The van der Waals surface area contributed by atoms with Crippen LogP contribution >= 0.6 is 23.2 Å². The van der Waals surface area contributed by atoms with E-state index in [-0.39, 0.29) is 52.1 Å². The zero-order valence-corrected chi connectivity index (χ0v) is 65.7. The molecule has 6 aromatic carbocycles. The summed E-state index contributed by atoms with van der Waals surface area (Å²) in [5, 5.41) is 128. The summed E-state index contributed by atoms with van der Waals surface area (Å²) in [6.07, 6.45) is -14.5. The number of halogens is 2. The van der Waals surface area contributed by atoms with Crippen molar-refractivity contribution in [2.75, 3.05) is 25.5 Å². The lowest BCUT2D eigenvalue weighted by Gasteiger charge is -2.47. The van der Waals surface area contributed by atoms with Crippen molar-refractivity contribution in [3.05, 3.63) is 147 Å². The first kappa shape index (κ1) is 86.4. The maximum Gasteiger partial charge on any atom is 0.248 e. The van der Waals surface area contributed by atoms with E-state index in [1.165, 1.54) is 33.0 Å². The van der Waals surface area contributed by atoms with Gasteiger partial charge in [0.2, 0.25) is 65.2 Å². The summed E-state index contributed by atoms with van der Waals surface area (Å²) in [6, 6.07) is 6.16. The van der Waals surface area contributed by atoms with E-state index >= 15 is 19.2 Å². The molecular weight excluding hydrogens is 1580 g/mol. The van der Waals surface area contributed by atoms with E-state index in [1.54, 1.807) is 24.3 Å². The molecule has 2 saturated heterocycles. The second-order valence-corrected chi connectivity index (χ2v) is 31.3. The molecule has 7 heterocycles. The summed E-state index contributed by atoms with van der Waals surface area (Å²) in [4.78, 5) is 134. The third-order valence-corrected chi connectivity index (χ3v) is 21.7. The number of amides is 9. The molecule has 11 bridgehead atoms. The van der Waals surface area contributed by atoms with Crippen LogP contribution in [0.2, 0.25) is 10.0 Å². The van der Waals surface area contributed by atoms with Gasteiger partial charge in [-0.15, -0.1) is 0 Å². The van der Waals surface area contributed by atoms with Gasteiger partial charge in [0, 0.05) is 46.3 Å². The molecular formula is C81H91Cl2N11O24. The van der Waals surface area contributed by atoms with Crippen molar-refractivity contribution in [3.63, 3.8) is 0 Å². The maximum atomic E-state index is 16.3. The molecule has 0 spiro atoms. The first-order valence-corrected chi connectivity index (χ1v) is 38.7. The summed E-state index contributed by atoms with van der Waals surface area (Å²) >= 11 is 14.3. The highest BCUT2D eigenvalue weighted by Gasteiger charge is 2.52. The number of fused-ring (bicyclic) bond motifs is 15. The number of nitrogens with two attached hydrogens (primary N) is 2. The predicted octanol–water partition coefficient (Wildman–Crippen LogP) is 2.32. The standard InChI is InChI=1S/C81H91Cl2N11O24/c1-34(2)22-48(86-5)73(106)93-64-66(101)39-15-20-52(46(82)24-39)114-54-26-41-27-55(70(54)118-80-71(69(104)68(103)56(33-95)116-80)117-59-31-81(4,85)72(105)35(3)113-59)115-53-21-16-40(25-47(53)83)67(102)65-79(112)92-63(75(108)87-32-58(100)88-42-17-12-37(13-18-42)11-10-36-8-6-7-9-36)45-28-43(96)29-51(98)60(45)44-23-38(14-19-50(44)97)61(76(109)94-65)91-77(110)62(41)90-74(107)49(30-57(84)99)89-78(64)111/h12-21,23-29,34-36,48-49,56,59,61-69,71-72,80,86,95-98,101-105H,6-9,22,30-33,85H2,1-5H3,(H2,84,99)(H,87,108)(H,88,100)(H,89,111)(H,90,107)(H,91,110)(H,92,112)(H,93,106)(H,94,109). The van der Waals surface area contributed by atoms with Crippen molar-refractivity contribution >= 4 is 82.1 Å². The van der Waals surface area contributed by atoms with Gasteiger partial charge in [-0.05, 0) is 153 Å². The van der Waals surface area contributed by atoms with Gasteiger partial charge in [-0.3, -0.25) is 43.2 Å². The number of hydrogen-bond donors (Lipinski definition) is 20. The minimum absolute atomic E-state index is 0.109. The maximum absolute atomic E-state index is 16.3. The molecule has 37 heteroatoms. The Morgan fingerprint density at radius 3 is 1.95 bits per heavy atom. The zero-order valence-electron chi connectivity index (χ0n) is 64.2. The van der Waals surface area contributed by atoms with Gasteiger partial charge in [0.25, 0.3) is 0 Å². The minimum atomic E-state index is -2.37. The Bertz CT molecular complexity index is 4930. The fraction of sp³-hybridized carbons (Fsp3) is 0.420. The molecule has 18 atom stereocenters. The van der Waals surface area contributed by atoms with Gasteiger partial charge in [0.1, 0.15) is 95.5 Å². The Labute approximate surface area is 685 Å². The summed E-state index contributed by atoms with van der Waals surface area (Å²) in [7, 11) is 1.47. The second kappa shape index (κ2) is 36.5. The third-order valence-electron chi connectivity index (χ3n) is 21.2. The number of carbonyl (C=O) groups is 9. The van der Waals surface area contributed by atoms with Crippen LogP contribution in [-0.2, 0) is 57.4 Å². The van der Waals surface area contributed by atoms with Crippen LogP contribution in [-0.4, -0.2) is 198 Å². The number of carbonyl (C=O) groups excluding carboxylic acids is 9. The van der Waals surface area contributed by atoms with E-state index < -0.39 is 250 Å². The number of likely N-dealkylation sites (N-methyl/N-ethyl adjacent to an activating group) is 1. The first-order chi connectivity index (χ1) is 56.1. The molecule has 22 N–H and O–H groups in total. The van der Waals surface area contributed by atoms with Crippen LogP contribution < -0.4 is 73.5 Å².